The summed E-state index contributed by atoms with van der Waals surface area (Å²) < 4.78 is 0.952. The Labute approximate surface area is 165 Å². The summed E-state index contributed by atoms with van der Waals surface area (Å²) in [6.45, 7) is 0. The van der Waals surface area contributed by atoms with E-state index < -0.39 is 0 Å². The number of carbonyl (C=O) groups excluding carboxylic acids is 2. The van der Waals surface area contributed by atoms with Crippen LogP contribution < -0.4 is 4.90 Å². The second-order valence-corrected chi connectivity index (χ2v) is 8.01. The zero-order valence-corrected chi connectivity index (χ0v) is 16.4. The molecule has 1 aliphatic heterocycles. The summed E-state index contributed by atoms with van der Waals surface area (Å²) in [4.78, 5) is 27.6. The van der Waals surface area contributed by atoms with Crippen LogP contribution in [0.1, 0.15) is 37.2 Å². The quantitative estimate of drug-likeness (QED) is 0.619. The molecule has 132 valence electrons. The number of halogens is 2. The molecule has 5 heteroatoms. The lowest BCUT2D eigenvalue weighted by atomic mass is 9.77. The first kappa shape index (κ1) is 17.5. The standard InChI is InChI=1S/C21H17BrClNO2/c22-14-4-1-3-13(11-14)17-12-20(26)24(16-9-7-15(23)8-10-16)18-5-2-6-19(25)21(17)18/h1,3-4,7-11,17H,2,5-6,12H2. The summed E-state index contributed by atoms with van der Waals surface area (Å²) in [5, 5.41) is 0.624. The van der Waals surface area contributed by atoms with E-state index in [0.29, 0.717) is 17.9 Å². The molecule has 2 aliphatic rings. The summed E-state index contributed by atoms with van der Waals surface area (Å²) in [6, 6.07) is 15.1. The maximum atomic E-state index is 13.0. The van der Waals surface area contributed by atoms with Gasteiger partial charge in [0.2, 0.25) is 5.91 Å². The molecule has 3 nitrogen and oxygen atoms in total. The van der Waals surface area contributed by atoms with Gasteiger partial charge in [0.1, 0.15) is 0 Å². The van der Waals surface area contributed by atoms with Crippen LogP contribution in [-0.2, 0) is 9.59 Å². The van der Waals surface area contributed by atoms with Gasteiger partial charge in [-0.15, -0.1) is 0 Å². The van der Waals surface area contributed by atoms with Gasteiger partial charge in [0.25, 0.3) is 0 Å². The third-order valence-electron chi connectivity index (χ3n) is 5.01. The van der Waals surface area contributed by atoms with Crippen LogP contribution in [-0.4, -0.2) is 11.7 Å². The first-order valence-electron chi connectivity index (χ1n) is 8.65. The highest BCUT2D eigenvalue weighted by atomic mass is 79.9. The number of hydrogen-bond acceptors (Lipinski definition) is 2. The van der Waals surface area contributed by atoms with E-state index in [2.05, 4.69) is 15.9 Å². The Bertz CT molecular complexity index is 920. The minimum Gasteiger partial charge on any atom is -0.294 e. The van der Waals surface area contributed by atoms with Gasteiger partial charge in [0.05, 0.1) is 0 Å². The van der Waals surface area contributed by atoms with Crippen LogP contribution in [0.15, 0.2) is 64.3 Å². The Kier molecular flexibility index (Phi) is 4.72. The molecule has 1 aliphatic carbocycles. The zero-order valence-electron chi connectivity index (χ0n) is 14.0. The summed E-state index contributed by atoms with van der Waals surface area (Å²) in [6.07, 6.45) is 2.36. The third-order valence-corrected chi connectivity index (χ3v) is 5.76. The first-order chi connectivity index (χ1) is 12.5. The minimum atomic E-state index is -0.175. The molecule has 1 unspecified atom stereocenters. The lowest BCUT2D eigenvalue weighted by molar-refractivity contribution is -0.119. The lowest BCUT2D eigenvalue weighted by Gasteiger charge is -2.38. The fourth-order valence-electron chi connectivity index (χ4n) is 3.89. The Morgan fingerprint density at radius 2 is 1.81 bits per heavy atom. The predicted octanol–water partition coefficient (Wildman–Crippen LogP) is 5.63. The fraction of sp³-hybridized carbons (Fsp3) is 0.238. The van der Waals surface area contributed by atoms with Gasteiger partial charge in [-0.3, -0.25) is 14.5 Å². The summed E-state index contributed by atoms with van der Waals surface area (Å²) >= 11 is 9.49. The number of allylic oxidation sites excluding steroid dienone is 2. The van der Waals surface area contributed by atoms with Gasteiger partial charge in [-0.1, -0.05) is 39.7 Å². The van der Waals surface area contributed by atoms with Crippen LogP contribution in [0.2, 0.25) is 5.02 Å². The molecule has 1 atom stereocenters. The maximum Gasteiger partial charge on any atom is 0.232 e. The van der Waals surface area contributed by atoms with E-state index >= 15 is 0 Å². The van der Waals surface area contributed by atoms with Crippen molar-refractivity contribution >= 4 is 44.9 Å². The topological polar surface area (TPSA) is 37.4 Å². The number of anilines is 1. The molecular weight excluding hydrogens is 414 g/mol. The number of Topliss-reactive ketones (excluding diaryl/α,β-unsaturated/α-hetero) is 1. The molecule has 0 aromatic heterocycles. The van der Waals surface area contributed by atoms with Crippen molar-refractivity contribution in [3.8, 4) is 0 Å². The molecule has 0 saturated heterocycles. The van der Waals surface area contributed by atoms with Crippen LogP contribution in [0, 0.1) is 0 Å². The van der Waals surface area contributed by atoms with Crippen molar-refractivity contribution in [3.05, 3.63) is 74.9 Å². The van der Waals surface area contributed by atoms with Crippen molar-refractivity contribution in [2.24, 2.45) is 0 Å². The summed E-state index contributed by atoms with van der Waals surface area (Å²) in [5.74, 6) is -0.000197. The number of nitrogens with zero attached hydrogens (tertiary/aromatic N) is 1. The van der Waals surface area contributed by atoms with Crippen molar-refractivity contribution < 1.29 is 9.59 Å². The van der Waals surface area contributed by atoms with E-state index in [1.54, 1.807) is 17.0 Å². The molecule has 2 aromatic rings. The van der Waals surface area contributed by atoms with Crippen LogP contribution in [0.4, 0.5) is 5.69 Å². The van der Waals surface area contributed by atoms with E-state index in [1.807, 2.05) is 36.4 Å². The molecule has 0 spiro atoms. The number of rotatable bonds is 2. The smallest absolute Gasteiger partial charge is 0.232 e. The third kappa shape index (κ3) is 3.12. The van der Waals surface area contributed by atoms with E-state index in [1.165, 1.54) is 0 Å². The van der Waals surface area contributed by atoms with Gasteiger partial charge in [-0.05, 0) is 54.8 Å². The number of carbonyl (C=O) groups is 2. The summed E-state index contributed by atoms with van der Waals surface area (Å²) in [7, 11) is 0. The number of hydrogen-bond donors (Lipinski definition) is 0. The highest BCUT2D eigenvalue weighted by Gasteiger charge is 2.39. The van der Waals surface area contributed by atoms with Gasteiger partial charge in [0.15, 0.2) is 5.78 Å². The van der Waals surface area contributed by atoms with Crippen molar-refractivity contribution in [2.45, 2.75) is 31.6 Å². The summed E-state index contributed by atoms with van der Waals surface area (Å²) in [5.41, 5.74) is 3.43. The zero-order chi connectivity index (χ0) is 18.3. The lowest BCUT2D eigenvalue weighted by Crippen LogP contribution is -2.40. The van der Waals surface area contributed by atoms with Gasteiger partial charge in [-0.2, -0.15) is 0 Å². The molecule has 1 heterocycles. The number of ketones is 1. The average molecular weight is 431 g/mol. The molecule has 0 N–H and O–H groups in total. The normalized spacial score (nSPS) is 20.4. The van der Waals surface area contributed by atoms with Crippen molar-refractivity contribution in [2.75, 3.05) is 4.90 Å². The monoisotopic (exact) mass is 429 g/mol. The molecule has 0 bridgehead atoms. The largest absolute Gasteiger partial charge is 0.294 e. The predicted molar refractivity (Wildman–Crippen MR) is 106 cm³/mol. The molecular formula is C21H17BrClNO2. The van der Waals surface area contributed by atoms with Crippen LogP contribution in [0.25, 0.3) is 0 Å². The second-order valence-electron chi connectivity index (χ2n) is 6.65. The van der Waals surface area contributed by atoms with Crippen LogP contribution in [0.5, 0.6) is 0 Å². The molecule has 2 aromatic carbocycles. The Hall–Kier alpha value is -1.91. The molecule has 0 saturated carbocycles. The SMILES string of the molecule is O=C1CCCC2=C1C(c1cccc(Br)c1)CC(=O)N2c1ccc(Cl)cc1. The van der Waals surface area contributed by atoms with Crippen molar-refractivity contribution in [1.82, 2.24) is 0 Å². The first-order valence-corrected chi connectivity index (χ1v) is 9.82. The maximum absolute atomic E-state index is 13.0. The second kappa shape index (κ2) is 7.01. The number of benzene rings is 2. The van der Waals surface area contributed by atoms with E-state index in [0.717, 1.165) is 39.8 Å². The van der Waals surface area contributed by atoms with Crippen LogP contribution in [0.3, 0.4) is 0 Å². The van der Waals surface area contributed by atoms with E-state index in [-0.39, 0.29) is 17.6 Å². The van der Waals surface area contributed by atoms with Gasteiger partial charge >= 0.3 is 0 Å². The van der Waals surface area contributed by atoms with Crippen molar-refractivity contribution in [3.63, 3.8) is 0 Å². The van der Waals surface area contributed by atoms with Crippen LogP contribution >= 0.6 is 27.5 Å². The molecule has 0 fully saturated rings. The minimum absolute atomic E-state index is 0.0192. The fourth-order valence-corrected chi connectivity index (χ4v) is 4.43. The van der Waals surface area contributed by atoms with E-state index in [4.69, 9.17) is 11.6 Å². The molecule has 1 amide bonds. The van der Waals surface area contributed by atoms with Crippen molar-refractivity contribution in [1.29, 1.82) is 0 Å². The van der Waals surface area contributed by atoms with Gasteiger partial charge < -0.3 is 0 Å². The molecule has 0 radical (unpaired) electrons. The average Bonchev–Trinajstić information content (AvgIpc) is 2.62. The highest BCUT2D eigenvalue weighted by molar-refractivity contribution is 9.10. The Morgan fingerprint density at radius 3 is 2.54 bits per heavy atom. The highest BCUT2D eigenvalue weighted by Crippen LogP contribution is 2.43. The van der Waals surface area contributed by atoms with Gasteiger partial charge in [-0.25, -0.2) is 0 Å². The Balaban J connectivity index is 1.85. The van der Waals surface area contributed by atoms with E-state index in [9.17, 15) is 9.59 Å². The Morgan fingerprint density at radius 1 is 1.04 bits per heavy atom. The molecule has 26 heavy (non-hydrogen) atoms. The molecule has 4 rings (SSSR count). The van der Waals surface area contributed by atoms with Gasteiger partial charge in [0, 0.05) is 45.2 Å². The number of amides is 1.